The maximum absolute atomic E-state index is 12.9. The maximum Gasteiger partial charge on any atom is 0.411 e. The fraction of sp³-hybridized carbons (Fsp3) is 0.556. The Kier molecular flexibility index (Phi) is 3.94. The third kappa shape index (κ3) is 2.70. The normalized spacial score (nSPS) is 23.4. The Bertz CT molecular complexity index is 650. The molecule has 0 bridgehead atoms. The molecule has 2 amide bonds. The Hall–Kier alpha value is -2.24. The van der Waals surface area contributed by atoms with E-state index < -0.39 is 17.2 Å². The summed E-state index contributed by atoms with van der Waals surface area (Å²) in [7, 11) is 1.61. The number of amides is 2. The predicted molar refractivity (Wildman–Crippen MR) is 90.3 cm³/mol. The van der Waals surface area contributed by atoms with E-state index in [1.54, 1.807) is 16.9 Å². The maximum atomic E-state index is 12.9. The van der Waals surface area contributed by atoms with Crippen LogP contribution in [0.25, 0.3) is 0 Å². The third-order valence-electron chi connectivity index (χ3n) is 4.55. The van der Waals surface area contributed by atoms with Gasteiger partial charge in [-0.2, -0.15) is 0 Å². The summed E-state index contributed by atoms with van der Waals surface area (Å²) in [5.41, 5.74) is -0.478. The molecule has 6 heteroatoms. The van der Waals surface area contributed by atoms with Crippen LogP contribution in [0.15, 0.2) is 24.3 Å². The molecule has 1 spiro atoms. The molecular formula is C18H24N2O4. The number of anilines is 1. The first-order valence-corrected chi connectivity index (χ1v) is 8.23. The topological polar surface area (TPSA) is 59.1 Å². The standard InChI is InChI=1S/C18H24N2O4/c1-17(2,3)24-16(22)20-11-5-10-18(20)12-19(15(18)21)13-6-8-14(23-4)9-7-13/h6-9H,5,10-12H2,1-4H3. The number of benzene rings is 1. The van der Waals surface area contributed by atoms with Crippen molar-refractivity contribution in [1.29, 1.82) is 0 Å². The lowest BCUT2D eigenvalue weighted by Gasteiger charge is -2.50. The van der Waals surface area contributed by atoms with E-state index in [0.29, 0.717) is 19.5 Å². The Balaban J connectivity index is 1.75. The number of likely N-dealkylation sites (tertiary alicyclic amines) is 1. The van der Waals surface area contributed by atoms with E-state index in [-0.39, 0.29) is 5.91 Å². The van der Waals surface area contributed by atoms with Crippen molar-refractivity contribution in [1.82, 2.24) is 4.90 Å². The molecule has 0 saturated carbocycles. The van der Waals surface area contributed by atoms with Gasteiger partial charge in [0.05, 0.1) is 13.7 Å². The molecule has 1 atom stereocenters. The molecule has 1 aromatic rings. The van der Waals surface area contributed by atoms with Crippen LogP contribution in [-0.2, 0) is 9.53 Å². The number of ether oxygens (including phenoxy) is 2. The summed E-state index contributed by atoms with van der Waals surface area (Å²) in [6, 6.07) is 7.37. The molecule has 0 radical (unpaired) electrons. The van der Waals surface area contributed by atoms with Crippen LogP contribution in [0, 0.1) is 0 Å². The van der Waals surface area contributed by atoms with Gasteiger partial charge in [-0.25, -0.2) is 4.79 Å². The summed E-state index contributed by atoms with van der Waals surface area (Å²) in [5, 5.41) is 0. The van der Waals surface area contributed by atoms with E-state index in [2.05, 4.69) is 0 Å². The zero-order valence-electron chi connectivity index (χ0n) is 14.7. The van der Waals surface area contributed by atoms with Crippen molar-refractivity contribution in [3.63, 3.8) is 0 Å². The van der Waals surface area contributed by atoms with E-state index in [1.807, 2.05) is 45.0 Å². The van der Waals surface area contributed by atoms with E-state index in [4.69, 9.17) is 9.47 Å². The molecule has 6 nitrogen and oxygen atoms in total. The van der Waals surface area contributed by atoms with Gasteiger partial charge in [-0.15, -0.1) is 0 Å². The van der Waals surface area contributed by atoms with Crippen LogP contribution in [0.3, 0.4) is 0 Å². The highest BCUT2D eigenvalue weighted by atomic mass is 16.6. The molecule has 0 aromatic heterocycles. The van der Waals surface area contributed by atoms with Gasteiger partial charge in [0.1, 0.15) is 16.9 Å². The smallest absolute Gasteiger partial charge is 0.411 e. The summed E-state index contributed by atoms with van der Waals surface area (Å²) in [6.07, 6.45) is 1.11. The van der Waals surface area contributed by atoms with E-state index in [0.717, 1.165) is 17.9 Å². The summed E-state index contributed by atoms with van der Waals surface area (Å²) < 4.78 is 10.6. The molecule has 130 valence electrons. The van der Waals surface area contributed by atoms with Crippen LogP contribution < -0.4 is 9.64 Å². The fourth-order valence-electron chi connectivity index (χ4n) is 3.38. The van der Waals surface area contributed by atoms with Crippen LogP contribution >= 0.6 is 0 Å². The SMILES string of the molecule is COc1ccc(N2CC3(CCCN3C(=O)OC(C)(C)C)C2=O)cc1. The number of nitrogens with zero attached hydrogens (tertiary/aromatic N) is 2. The van der Waals surface area contributed by atoms with Gasteiger partial charge >= 0.3 is 6.09 Å². The van der Waals surface area contributed by atoms with Gasteiger partial charge in [0, 0.05) is 12.2 Å². The summed E-state index contributed by atoms with van der Waals surface area (Å²) in [4.78, 5) is 28.6. The number of hydrogen-bond acceptors (Lipinski definition) is 4. The highest BCUT2D eigenvalue weighted by Crippen LogP contribution is 2.42. The quantitative estimate of drug-likeness (QED) is 0.782. The minimum atomic E-state index is -0.734. The Morgan fingerprint density at radius 2 is 1.88 bits per heavy atom. The fourth-order valence-corrected chi connectivity index (χ4v) is 3.38. The first-order chi connectivity index (χ1) is 11.3. The molecular weight excluding hydrogens is 308 g/mol. The zero-order chi connectivity index (χ0) is 17.5. The van der Waals surface area contributed by atoms with Crippen molar-refractivity contribution in [3.8, 4) is 5.75 Å². The van der Waals surface area contributed by atoms with Gasteiger partial charge in [0.25, 0.3) is 5.91 Å². The second kappa shape index (κ2) is 5.69. The second-order valence-electron chi connectivity index (χ2n) is 7.36. The first kappa shape index (κ1) is 16.6. The molecule has 2 saturated heterocycles. The van der Waals surface area contributed by atoms with Crippen molar-refractivity contribution in [2.75, 3.05) is 25.1 Å². The van der Waals surface area contributed by atoms with Crippen molar-refractivity contribution >= 4 is 17.7 Å². The van der Waals surface area contributed by atoms with Gasteiger partial charge in [0.15, 0.2) is 0 Å². The summed E-state index contributed by atoms with van der Waals surface area (Å²) >= 11 is 0. The second-order valence-corrected chi connectivity index (χ2v) is 7.36. The van der Waals surface area contributed by atoms with E-state index in [1.165, 1.54) is 0 Å². The number of methoxy groups -OCH3 is 1. The van der Waals surface area contributed by atoms with Crippen molar-refractivity contribution in [2.24, 2.45) is 0 Å². The third-order valence-corrected chi connectivity index (χ3v) is 4.55. The highest BCUT2D eigenvalue weighted by Gasteiger charge is 2.60. The number of carbonyl (C=O) groups is 2. The molecule has 2 aliphatic heterocycles. The van der Waals surface area contributed by atoms with Gasteiger partial charge in [-0.3, -0.25) is 9.69 Å². The molecule has 2 fully saturated rings. The highest BCUT2D eigenvalue weighted by molar-refractivity contribution is 6.09. The lowest BCUT2D eigenvalue weighted by Crippen LogP contribution is -2.73. The van der Waals surface area contributed by atoms with Crippen LogP contribution in [0.1, 0.15) is 33.6 Å². The molecule has 0 aliphatic carbocycles. The molecule has 1 unspecified atom stereocenters. The van der Waals surface area contributed by atoms with Crippen LogP contribution in [0.4, 0.5) is 10.5 Å². The lowest BCUT2D eigenvalue weighted by molar-refractivity contribution is -0.135. The Labute approximate surface area is 142 Å². The van der Waals surface area contributed by atoms with Gasteiger partial charge < -0.3 is 14.4 Å². The van der Waals surface area contributed by atoms with Gasteiger partial charge in [-0.05, 0) is 57.9 Å². The monoisotopic (exact) mass is 332 g/mol. The van der Waals surface area contributed by atoms with Crippen LogP contribution in [0.2, 0.25) is 0 Å². The number of hydrogen-bond donors (Lipinski definition) is 0. The molecule has 24 heavy (non-hydrogen) atoms. The minimum absolute atomic E-state index is 0.0315. The minimum Gasteiger partial charge on any atom is -0.497 e. The Morgan fingerprint density at radius 1 is 1.21 bits per heavy atom. The summed E-state index contributed by atoms with van der Waals surface area (Å²) in [6.45, 7) is 6.58. The average molecular weight is 332 g/mol. The first-order valence-electron chi connectivity index (χ1n) is 8.23. The number of rotatable bonds is 2. The predicted octanol–water partition coefficient (Wildman–Crippen LogP) is 2.81. The number of β-lactam (4-membered cyclic amide) rings is 1. The largest absolute Gasteiger partial charge is 0.497 e. The van der Waals surface area contributed by atoms with E-state index >= 15 is 0 Å². The average Bonchev–Trinajstić information content (AvgIpc) is 2.98. The summed E-state index contributed by atoms with van der Waals surface area (Å²) in [5.74, 6) is 0.716. The van der Waals surface area contributed by atoms with Crippen LogP contribution in [0.5, 0.6) is 5.75 Å². The number of carbonyl (C=O) groups excluding carboxylic acids is 2. The lowest BCUT2D eigenvalue weighted by atomic mass is 9.85. The van der Waals surface area contributed by atoms with Crippen LogP contribution in [-0.4, -0.2) is 48.2 Å². The Morgan fingerprint density at radius 3 is 2.42 bits per heavy atom. The molecule has 3 rings (SSSR count). The molecule has 2 heterocycles. The van der Waals surface area contributed by atoms with Crippen molar-refractivity contribution < 1.29 is 19.1 Å². The van der Waals surface area contributed by atoms with Crippen molar-refractivity contribution in [2.45, 2.75) is 44.8 Å². The van der Waals surface area contributed by atoms with Gasteiger partial charge in [-0.1, -0.05) is 0 Å². The van der Waals surface area contributed by atoms with Crippen molar-refractivity contribution in [3.05, 3.63) is 24.3 Å². The molecule has 0 N–H and O–H groups in total. The van der Waals surface area contributed by atoms with Gasteiger partial charge in [0.2, 0.25) is 0 Å². The zero-order valence-corrected chi connectivity index (χ0v) is 14.7. The van der Waals surface area contributed by atoms with E-state index in [9.17, 15) is 9.59 Å². The molecule has 2 aliphatic rings. The molecule has 1 aromatic carbocycles.